The molecule has 3 nitrogen and oxygen atoms in total. The van der Waals surface area contributed by atoms with E-state index in [4.69, 9.17) is 4.74 Å². The number of ether oxygens (including phenoxy) is 1. The van der Waals surface area contributed by atoms with Gasteiger partial charge in [-0.1, -0.05) is 15.9 Å². The molecule has 1 rings (SSSR count). The quantitative estimate of drug-likeness (QED) is 0.591. The largest absolute Gasteiger partial charge is 0.494 e. The third-order valence-electron chi connectivity index (χ3n) is 2.58. The molecule has 0 heterocycles. The molecule has 0 unspecified atom stereocenters. The highest BCUT2D eigenvalue weighted by molar-refractivity contribution is 9.10. The highest BCUT2D eigenvalue weighted by Crippen LogP contribution is 2.18. The topological polar surface area (TPSA) is 29.5 Å². The van der Waals surface area contributed by atoms with E-state index in [2.05, 4.69) is 15.9 Å². The molecule has 0 N–H and O–H groups in total. The van der Waals surface area contributed by atoms with E-state index in [9.17, 15) is 9.18 Å². The van der Waals surface area contributed by atoms with Crippen molar-refractivity contribution in [2.45, 2.75) is 24.6 Å². The first kappa shape index (κ1) is 16.0. The second-order valence-electron chi connectivity index (χ2n) is 4.86. The lowest BCUT2D eigenvalue weighted by Crippen LogP contribution is -2.39. The van der Waals surface area contributed by atoms with E-state index in [0.29, 0.717) is 18.9 Å². The van der Waals surface area contributed by atoms with E-state index >= 15 is 0 Å². The maximum atomic E-state index is 12.7. The molecule has 0 bridgehead atoms. The maximum absolute atomic E-state index is 12.7. The first-order valence-corrected chi connectivity index (χ1v) is 6.93. The van der Waals surface area contributed by atoms with Crippen LogP contribution < -0.4 is 4.74 Å². The van der Waals surface area contributed by atoms with Crippen molar-refractivity contribution in [3.63, 3.8) is 0 Å². The van der Waals surface area contributed by atoms with Gasteiger partial charge in [-0.05, 0) is 44.5 Å². The second-order valence-corrected chi connectivity index (χ2v) is 6.84. The third kappa shape index (κ3) is 5.59. The van der Waals surface area contributed by atoms with E-state index in [1.54, 1.807) is 24.1 Å². The van der Waals surface area contributed by atoms with Gasteiger partial charge in [0.05, 0.1) is 10.9 Å². The summed E-state index contributed by atoms with van der Waals surface area (Å²) < 4.78 is 17.6. The molecule has 0 aliphatic rings. The fraction of sp³-hybridized carbons (Fsp3) is 0.500. The average molecular weight is 332 g/mol. The number of carbonyl (C=O) groups excluding carboxylic acids is 1. The summed E-state index contributed by atoms with van der Waals surface area (Å²) in [5.74, 6) is 0.391. The van der Waals surface area contributed by atoms with Crippen LogP contribution in [0, 0.1) is 5.82 Å². The molecule has 5 heteroatoms. The molecule has 0 fully saturated rings. The minimum absolute atomic E-state index is 0.0364. The number of rotatable bonds is 6. The smallest absolute Gasteiger partial charge is 0.238 e. The van der Waals surface area contributed by atoms with Crippen LogP contribution in [0.5, 0.6) is 5.75 Å². The Hall–Kier alpha value is -1.10. The fourth-order valence-corrected chi connectivity index (χ4v) is 1.88. The van der Waals surface area contributed by atoms with Crippen molar-refractivity contribution in [2.24, 2.45) is 0 Å². The zero-order chi connectivity index (χ0) is 14.5. The number of hydrogen-bond acceptors (Lipinski definition) is 2. The van der Waals surface area contributed by atoms with Gasteiger partial charge in [0.25, 0.3) is 0 Å². The first-order valence-electron chi connectivity index (χ1n) is 6.13. The van der Waals surface area contributed by atoms with E-state index < -0.39 is 4.32 Å². The normalized spacial score (nSPS) is 11.2. The van der Waals surface area contributed by atoms with Crippen molar-refractivity contribution in [1.29, 1.82) is 0 Å². The summed E-state index contributed by atoms with van der Waals surface area (Å²) in [6, 6.07) is 5.90. The highest BCUT2D eigenvalue weighted by atomic mass is 79.9. The van der Waals surface area contributed by atoms with Crippen molar-refractivity contribution in [3.8, 4) is 5.75 Å². The van der Waals surface area contributed by atoms with Crippen LogP contribution in [0.1, 0.15) is 20.3 Å². The third-order valence-corrected chi connectivity index (χ3v) is 2.91. The van der Waals surface area contributed by atoms with E-state index in [0.717, 1.165) is 6.42 Å². The monoisotopic (exact) mass is 331 g/mol. The fourth-order valence-electron chi connectivity index (χ4n) is 1.58. The molecule has 0 saturated carbocycles. The minimum Gasteiger partial charge on any atom is -0.494 e. The number of nitrogens with zero attached hydrogens (tertiary/aromatic N) is 1. The van der Waals surface area contributed by atoms with Crippen molar-refractivity contribution in [3.05, 3.63) is 30.1 Å². The number of amides is 1. The summed E-state index contributed by atoms with van der Waals surface area (Å²) in [7, 11) is 1.77. The van der Waals surface area contributed by atoms with Crippen LogP contribution in [-0.4, -0.2) is 35.3 Å². The number of alkyl halides is 1. The van der Waals surface area contributed by atoms with Gasteiger partial charge >= 0.3 is 0 Å². The summed E-state index contributed by atoms with van der Waals surface area (Å²) in [6.45, 7) is 4.75. The SMILES string of the molecule is CN(CCCOc1ccc(F)cc1)C(=O)C(C)(C)Br. The number of benzene rings is 1. The molecule has 0 aromatic heterocycles. The predicted octanol–water partition coefficient (Wildman–Crippen LogP) is 3.23. The molecule has 0 saturated heterocycles. The van der Waals surface area contributed by atoms with Gasteiger partial charge in [-0.15, -0.1) is 0 Å². The second kappa shape index (κ2) is 6.89. The van der Waals surface area contributed by atoms with Crippen LogP contribution in [0.3, 0.4) is 0 Å². The minimum atomic E-state index is -0.542. The molecule has 0 spiro atoms. The summed E-state index contributed by atoms with van der Waals surface area (Å²) in [6.07, 6.45) is 0.725. The molecule has 1 aromatic rings. The molecular formula is C14H19BrFNO2. The van der Waals surface area contributed by atoms with Gasteiger partial charge in [0.2, 0.25) is 5.91 Å². The van der Waals surface area contributed by atoms with E-state index in [1.165, 1.54) is 12.1 Å². The molecule has 1 aromatic carbocycles. The summed E-state index contributed by atoms with van der Waals surface area (Å²) >= 11 is 3.34. The Morgan fingerprint density at radius 1 is 1.37 bits per heavy atom. The van der Waals surface area contributed by atoms with Crippen molar-refractivity contribution in [1.82, 2.24) is 4.90 Å². The van der Waals surface area contributed by atoms with Crippen LogP contribution in [0.2, 0.25) is 0 Å². The van der Waals surface area contributed by atoms with Crippen LogP contribution >= 0.6 is 15.9 Å². The molecular weight excluding hydrogens is 313 g/mol. The molecule has 0 atom stereocenters. The van der Waals surface area contributed by atoms with Crippen molar-refractivity contribution in [2.75, 3.05) is 20.2 Å². The Morgan fingerprint density at radius 2 is 1.95 bits per heavy atom. The van der Waals surface area contributed by atoms with E-state index in [-0.39, 0.29) is 11.7 Å². The molecule has 0 aliphatic heterocycles. The lowest BCUT2D eigenvalue weighted by molar-refractivity contribution is -0.131. The Morgan fingerprint density at radius 3 is 2.47 bits per heavy atom. The number of hydrogen-bond donors (Lipinski definition) is 0. The van der Waals surface area contributed by atoms with Crippen LogP contribution in [0.15, 0.2) is 24.3 Å². The van der Waals surface area contributed by atoms with Gasteiger partial charge in [-0.2, -0.15) is 0 Å². The molecule has 106 valence electrons. The van der Waals surface area contributed by atoms with Crippen molar-refractivity contribution < 1.29 is 13.9 Å². The molecule has 0 aliphatic carbocycles. The Balaban J connectivity index is 2.27. The maximum Gasteiger partial charge on any atom is 0.238 e. The Kier molecular flexibility index (Phi) is 5.79. The van der Waals surface area contributed by atoms with Gasteiger partial charge in [-0.25, -0.2) is 4.39 Å². The van der Waals surface area contributed by atoms with Gasteiger partial charge in [0.15, 0.2) is 0 Å². The predicted molar refractivity (Wildman–Crippen MR) is 77.2 cm³/mol. The average Bonchev–Trinajstić information content (AvgIpc) is 2.34. The standard InChI is InChI=1S/C14H19BrFNO2/c1-14(2,15)13(18)17(3)9-4-10-19-12-7-5-11(16)6-8-12/h5-8H,4,9-10H2,1-3H3. The summed E-state index contributed by atoms with van der Waals surface area (Å²) in [4.78, 5) is 13.5. The van der Waals surface area contributed by atoms with Crippen LogP contribution in [0.4, 0.5) is 4.39 Å². The number of halogens is 2. The lowest BCUT2D eigenvalue weighted by Gasteiger charge is -2.24. The first-order chi connectivity index (χ1) is 8.80. The highest BCUT2D eigenvalue weighted by Gasteiger charge is 2.26. The number of carbonyl (C=O) groups is 1. The van der Waals surface area contributed by atoms with Gasteiger partial charge in [0.1, 0.15) is 11.6 Å². The lowest BCUT2D eigenvalue weighted by atomic mass is 10.2. The van der Waals surface area contributed by atoms with Crippen LogP contribution in [-0.2, 0) is 4.79 Å². The Labute approximate surface area is 121 Å². The molecule has 19 heavy (non-hydrogen) atoms. The zero-order valence-electron chi connectivity index (χ0n) is 11.5. The van der Waals surface area contributed by atoms with Crippen molar-refractivity contribution >= 4 is 21.8 Å². The molecule has 0 radical (unpaired) electrons. The summed E-state index contributed by atoms with van der Waals surface area (Å²) in [5, 5.41) is 0. The van der Waals surface area contributed by atoms with Crippen LogP contribution in [0.25, 0.3) is 0 Å². The Bertz CT molecular complexity index is 414. The van der Waals surface area contributed by atoms with Gasteiger partial charge in [0, 0.05) is 13.6 Å². The van der Waals surface area contributed by atoms with Gasteiger partial charge in [-0.3, -0.25) is 4.79 Å². The van der Waals surface area contributed by atoms with E-state index in [1.807, 2.05) is 13.8 Å². The molecule has 1 amide bonds. The summed E-state index contributed by atoms with van der Waals surface area (Å²) in [5.41, 5.74) is 0. The van der Waals surface area contributed by atoms with Gasteiger partial charge < -0.3 is 9.64 Å². The zero-order valence-corrected chi connectivity index (χ0v) is 13.0.